The van der Waals surface area contributed by atoms with Crippen LogP contribution in [0.2, 0.25) is 0 Å². The molecule has 4 rings (SSSR count). The number of carbonyl (C=O) groups excluding carboxylic acids is 1. The highest BCUT2D eigenvalue weighted by Crippen LogP contribution is 2.36. The number of hydrogen-bond acceptors (Lipinski definition) is 7. The third-order valence-corrected chi connectivity index (χ3v) is 4.66. The summed E-state index contributed by atoms with van der Waals surface area (Å²) in [5, 5.41) is 6.96. The smallest absolute Gasteiger partial charge is 0.412 e. The molecule has 0 fully saturated rings. The van der Waals surface area contributed by atoms with Gasteiger partial charge < -0.3 is 15.2 Å². The average molecular weight is 435 g/mol. The maximum Gasteiger partial charge on any atom is 0.412 e. The molecule has 1 amide bonds. The van der Waals surface area contributed by atoms with Crippen LogP contribution in [0.5, 0.6) is 5.75 Å². The van der Waals surface area contributed by atoms with Gasteiger partial charge in [0.2, 0.25) is 0 Å². The summed E-state index contributed by atoms with van der Waals surface area (Å²) < 4.78 is 14.4. The molecule has 0 saturated carbocycles. The first kappa shape index (κ1) is 21.2. The quantitative estimate of drug-likeness (QED) is 0.501. The molecule has 0 bridgehead atoms. The van der Waals surface area contributed by atoms with Crippen molar-refractivity contribution in [1.82, 2.24) is 24.1 Å². The van der Waals surface area contributed by atoms with Crippen LogP contribution in [0.1, 0.15) is 20.8 Å². The SMILES string of the molecule is COc1cc(-c2nc(-c3cnn(C)c3)n3ccnc(N)c23)ccc1NC(=O)OC(C)(C)C. The van der Waals surface area contributed by atoms with Crippen molar-refractivity contribution in [1.29, 1.82) is 0 Å². The molecule has 0 aliphatic carbocycles. The highest BCUT2D eigenvalue weighted by atomic mass is 16.6. The summed E-state index contributed by atoms with van der Waals surface area (Å²) in [7, 11) is 3.37. The number of hydrogen-bond donors (Lipinski definition) is 2. The number of nitrogens with zero attached hydrogens (tertiary/aromatic N) is 5. The fraction of sp³-hybridized carbons (Fsp3) is 0.273. The first-order valence-electron chi connectivity index (χ1n) is 9.96. The van der Waals surface area contributed by atoms with Crippen LogP contribution < -0.4 is 15.8 Å². The number of benzene rings is 1. The average Bonchev–Trinajstić information content (AvgIpc) is 3.31. The molecule has 166 valence electrons. The molecule has 4 aromatic rings. The number of aromatic nitrogens is 5. The Morgan fingerprint density at radius 1 is 1.22 bits per heavy atom. The third kappa shape index (κ3) is 4.07. The zero-order valence-electron chi connectivity index (χ0n) is 18.6. The number of ether oxygens (including phenoxy) is 2. The number of rotatable bonds is 4. The summed E-state index contributed by atoms with van der Waals surface area (Å²) in [6.07, 6.45) is 6.48. The van der Waals surface area contributed by atoms with E-state index < -0.39 is 11.7 Å². The molecule has 0 atom stereocenters. The largest absolute Gasteiger partial charge is 0.495 e. The Kier molecular flexibility index (Phi) is 5.21. The van der Waals surface area contributed by atoms with E-state index in [-0.39, 0.29) is 0 Å². The van der Waals surface area contributed by atoms with Gasteiger partial charge in [-0.3, -0.25) is 14.4 Å². The molecule has 1 aromatic carbocycles. The van der Waals surface area contributed by atoms with Crippen molar-refractivity contribution in [3.05, 3.63) is 43.0 Å². The third-order valence-electron chi connectivity index (χ3n) is 4.66. The van der Waals surface area contributed by atoms with Crippen molar-refractivity contribution in [2.45, 2.75) is 26.4 Å². The minimum atomic E-state index is -0.611. The van der Waals surface area contributed by atoms with Crippen LogP contribution >= 0.6 is 0 Å². The van der Waals surface area contributed by atoms with Gasteiger partial charge in [0.25, 0.3) is 0 Å². The Morgan fingerprint density at radius 2 is 2.00 bits per heavy atom. The molecule has 0 aliphatic rings. The van der Waals surface area contributed by atoms with Crippen molar-refractivity contribution in [2.24, 2.45) is 7.05 Å². The van der Waals surface area contributed by atoms with Gasteiger partial charge in [0.05, 0.1) is 24.6 Å². The number of fused-ring (bicyclic) bond motifs is 1. The van der Waals surface area contributed by atoms with E-state index in [1.54, 1.807) is 56.2 Å². The highest BCUT2D eigenvalue weighted by molar-refractivity contribution is 5.91. The summed E-state index contributed by atoms with van der Waals surface area (Å²) in [5.41, 5.74) is 8.99. The molecule has 0 aliphatic heterocycles. The Bertz CT molecular complexity index is 1300. The van der Waals surface area contributed by atoms with E-state index in [1.165, 1.54) is 7.11 Å². The second-order valence-corrected chi connectivity index (χ2v) is 8.26. The Labute approximate surface area is 185 Å². The minimum Gasteiger partial charge on any atom is -0.495 e. The van der Waals surface area contributed by atoms with Gasteiger partial charge in [-0.1, -0.05) is 6.07 Å². The lowest BCUT2D eigenvalue weighted by Gasteiger charge is -2.20. The monoisotopic (exact) mass is 435 g/mol. The van der Waals surface area contributed by atoms with Gasteiger partial charge in [-0.2, -0.15) is 5.10 Å². The lowest BCUT2D eigenvalue weighted by molar-refractivity contribution is 0.0635. The zero-order chi connectivity index (χ0) is 23.0. The van der Waals surface area contributed by atoms with E-state index in [2.05, 4.69) is 15.4 Å². The number of nitrogen functional groups attached to an aromatic ring is 1. The standard InChI is InChI=1S/C22H25N7O3/c1-22(2,3)32-21(30)26-15-7-6-13(10-16(15)31-5)17-18-19(23)24-8-9-29(18)20(27-17)14-11-25-28(4)12-14/h6-12H,1-5H3,(H2,23,24)(H,26,30). The fourth-order valence-electron chi connectivity index (χ4n) is 3.36. The van der Waals surface area contributed by atoms with Crippen molar-refractivity contribution in [2.75, 3.05) is 18.2 Å². The van der Waals surface area contributed by atoms with E-state index in [1.807, 2.05) is 23.7 Å². The van der Waals surface area contributed by atoms with E-state index in [0.717, 1.165) is 11.1 Å². The number of aryl methyl sites for hydroxylation is 1. The molecule has 3 heterocycles. The summed E-state index contributed by atoms with van der Waals surface area (Å²) in [6.45, 7) is 5.40. The van der Waals surface area contributed by atoms with Gasteiger partial charge >= 0.3 is 6.09 Å². The van der Waals surface area contributed by atoms with Crippen LogP contribution in [-0.2, 0) is 11.8 Å². The fourth-order valence-corrected chi connectivity index (χ4v) is 3.36. The van der Waals surface area contributed by atoms with Crippen LogP contribution in [0.25, 0.3) is 28.2 Å². The normalized spacial score (nSPS) is 11.5. The molecule has 0 spiro atoms. The number of methoxy groups -OCH3 is 1. The minimum absolute atomic E-state index is 0.347. The summed E-state index contributed by atoms with van der Waals surface area (Å²) >= 11 is 0. The highest BCUT2D eigenvalue weighted by Gasteiger charge is 2.21. The lowest BCUT2D eigenvalue weighted by Crippen LogP contribution is -2.27. The van der Waals surface area contributed by atoms with Gasteiger partial charge in [-0.05, 0) is 32.9 Å². The van der Waals surface area contributed by atoms with E-state index in [9.17, 15) is 4.79 Å². The maximum atomic E-state index is 12.2. The topological polar surface area (TPSA) is 122 Å². The number of carbonyl (C=O) groups is 1. The van der Waals surface area contributed by atoms with Crippen LogP contribution in [0.3, 0.4) is 0 Å². The van der Waals surface area contributed by atoms with Gasteiger partial charge in [0, 0.05) is 31.2 Å². The van der Waals surface area contributed by atoms with Crippen molar-refractivity contribution < 1.29 is 14.3 Å². The molecule has 3 aromatic heterocycles. The number of anilines is 2. The van der Waals surface area contributed by atoms with Crippen molar-refractivity contribution in [3.63, 3.8) is 0 Å². The van der Waals surface area contributed by atoms with Gasteiger partial charge in [0.15, 0.2) is 0 Å². The Balaban J connectivity index is 1.78. The van der Waals surface area contributed by atoms with Crippen LogP contribution in [0.4, 0.5) is 16.3 Å². The Morgan fingerprint density at radius 3 is 2.66 bits per heavy atom. The number of nitrogens with one attached hydrogen (secondary N) is 1. The molecule has 10 heteroatoms. The van der Waals surface area contributed by atoms with E-state index >= 15 is 0 Å². The molecule has 0 unspecified atom stereocenters. The first-order chi connectivity index (χ1) is 15.2. The van der Waals surface area contributed by atoms with Gasteiger partial charge in [-0.15, -0.1) is 0 Å². The van der Waals surface area contributed by atoms with Crippen LogP contribution in [0.15, 0.2) is 43.0 Å². The summed E-state index contributed by atoms with van der Waals surface area (Å²) in [6, 6.07) is 5.35. The molecule has 0 saturated heterocycles. The van der Waals surface area contributed by atoms with Gasteiger partial charge in [-0.25, -0.2) is 14.8 Å². The molecule has 0 radical (unpaired) electrons. The lowest BCUT2D eigenvalue weighted by atomic mass is 10.1. The molecular formula is C22H25N7O3. The maximum absolute atomic E-state index is 12.2. The second kappa shape index (κ2) is 7.88. The number of nitrogens with two attached hydrogens (primary N) is 1. The summed E-state index contributed by atoms with van der Waals surface area (Å²) in [5.74, 6) is 1.49. The summed E-state index contributed by atoms with van der Waals surface area (Å²) in [4.78, 5) is 21.3. The van der Waals surface area contributed by atoms with Crippen molar-refractivity contribution >= 4 is 23.1 Å². The zero-order valence-corrected chi connectivity index (χ0v) is 18.6. The molecule has 10 nitrogen and oxygen atoms in total. The predicted molar refractivity (Wildman–Crippen MR) is 121 cm³/mol. The van der Waals surface area contributed by atoms with Crippen LogP contribution in [-0.4, -0.2) is 43.0 Å². The first-order valence-corrected chi connectivity index (χ1v) is 9.96. The molecule has 3 N–H and O–H groups in total. The molecular weight excluding hydrogens is 410 g/mol. The number of imidazole rings is 1. The van der Waals surface area contributed by atoms with Crippen molar-refractivity contribution in [3.8, 4) is 28.4 Å². The predicted octanol–water partition coefficient (Wildman–Crippen LogP) is 3.73. The molecule has 32 heavy (non-hydrogen) atoms. The van der Waals surface area contributed by atoms with E-state index in [0.29, 0.717) is 34.3 Å². The van der Waals surface area contributed by atoms with Crippen LogP contribution in [0, 0.1) is 0 Å². The van der Waals surface area contributed by atoms with E-state index in [4.69, 9.17) is 20.2 Å². The second-order valence-electron chi connectivity index (χ2n) is 8.26. The van der Waals surface area contributed by atoms with Gasteiger partial charge in [0.1, 0.15) is 34.2 Å². The Hall–Kier alpha value is -4.08. The number of amides is 1.